The second-order valence-corrected chi connectivity index (χ2v) is 6.49. The molecule has 3 aromatic rings. The van der Waals surface area contributed by atoms with Gasteiger partial charge < -0.3 is 40.1 Å². The highest BCUT2D eigenvalue weighted by molar-refractivity contribution is 5.97. The highest BCUT2D eigenvalue weighted by Gasteiger charge is 2.21. The lowest BCUT2D eigenvalue weighted by molar-refractivity contribution is -0.137. The third kappa shape index (κ3) is 3.97. The summed E-state index contributed by atoms with van der Waals surface area (Å²) in [5.74, 6) is -3.10. The molecule has 0 unspecified atom stereocenters. The molecule has 0 aliphatic carbocycles. The largest absolute Gasteiger partial charge is 0.507 e. The molecule has 10 nitrogen and oxygen atoms in total. The van der Waals surface area contributed by atoms with Crippen molar-refractivity contribution in [1.29, 1.82) is 0 Å². The van der Waals surface area contributed by atoms with Crippen molar-refractivity contribution in [2.45, 2.75) is 18.9 Å². The zero-order valence-corrected chi connectivity index (χ0v) is 15.3. The molecule has 0 saturated heterocycles. The summed E-state index contributed by atoms with van der Waals surface area (Å²) in [7, 11) is 0. The van der Waals surface area contributed by atoms with E-state index in [9.17, 15) is 34.8 Å². The summed E-state index contributed by atoms with van der Waals surface area (Å²) >= 11 is 0. The summed E-state index contributed by atoms with van der Waals surface area (Å²) < 4.78 is 5.68. The highest BCUT2D eigenvalue weighted by Crippen LogP contribution is 2.40. The minimum atomic E-state index is -1.12. The molecule has 1 aromatic heterocycles. The zero-order valence-electron chi connectivity index (χ0n) is 15.3. The van der Waals surface area contributed by atoms with Crippen LogP contribution in [0, 0.1) is 0 Å². The number of nitrogens with one attached hydrogen (secondary N) is 1. The molecule has 0 aliphatic rings. The number of aromatic hydroxyl groups is 4. The SMILES string of the molecule is O=C[C@@H](CCC(=O)O)Nc1c(O)cc(O)c2c(=O)cc(-c3ccc(O)c(O)c3)oc12. The number of phenols is 4. The van der Waals surface area contributed by atoms with Gasteiger partial charge in [0.05, 0.1) is 6.04 Å². The second-order valence-electron chi connectivity index (χ2n) is 6.49. The number of anilines is 1. The summed E-state index contributed by atoms with van der Waals surface area (Å²) in [6.45, 7) is 0. The molecule has 0 aliphatic heterocycles. The quantitative estimate of drug-likeness (QED) is 0.190. The van der Waals surface area contributed by atoms with Gasteiger partial charge in [-0.3, -0.25) is 9.59 Å². The van der Waals surface area contributed by atoms with E-state index in [4.69, 9.17) is 9.52 Å². The smallest absolute Gasteiger partial charge is 0.303 e. The predicted molar refractivity (Wildman–Crippen MR) is 105 cm³/mol. The van der Waals surface area contributed by atoms with Crippen molar-refractivity contribution in [2.24, 2.45) is 0 Å². The normalized spacial score (nSPS) is 11.9. The predicted octanol–water partition coefficient (Wildman–Crippen LogP) is 2.13. The van der Waals surface area contributed by atoms with E-state index in [1.54, 1.807) is 0 Å². The fourth-order valence-electron chi connectivity index (χ4n) is 2.90. The van der Waals surface area contributed by atoms with Crippen molar-refractivity contribution in [3.8, 4) is 34.3 Å². The number of fused-ring (bicyclic) bond motifs is 1. The van der Waals surface area contributed by atoms with Crippen LogP contribution >= 0.6 is 0 Å². The van der Waals surface area contributed by atoms with Crippen LogP contribution < -0.4 is 10.7 Å². The third-order valence-corrected chi connectivity index (χ3v) is 4.38. The number of carboxylic acids is 1. The number of benzene rings is 2. The summed E-state index contributed by atoms with van der Waals surface area (Å²) in [6.07, 6.45) is 0.0204. The Kier molecular flexibility index (Phi) is 5.50. The van der Waals surface area contributed by atoms with E-state index in [1.165, 1.54) is 12.1 Å². The second kappa shape index (κ2) is 8.03. The number of carbonyl (C=O) groups is 2. The fourth-order valence-corrected chi connectivity index (χ4v) is 2.90. The summed E-state index contributed by atoms with van der Waals surface area (Å²) in [4.78, 5) is 34.7. The zero-order chi connectivity index (χ0) is 22.0. The van der Waals surface area contributed by atoms with Crippen LogP contribution in [0.15, 0.2) is 39.5 Å². The number of hydrogen-bond acceptors (Lipinski definition) is 9. The standard InChI is InChI=1S/C20H17NO9/c22-8-10(2-4-17(28)29)21-19-15(27)6-13(25)18-14(26)7-16(30-20(18)19)9-1-3-11(23)12(24)5-9/h1,3,5-8,10,21,23-25,27H,2,4H2,(H,28,29)/t10-/m1/s1. The molecular weight excluding hydrogens is 398 g/mol. The Hall–Kier alpha value is -4.21. The summed E-state index contributed by atoms with van der Waals surface area (Å²) in [5, 5.41) is 50.7. The van der Waals surface area contributed by atoms with Crippen LogP contribution in [0.4, 0.5) is 5.69 Å². The Balaban J connectivity index is 2.17. The van der Waals surface area contributed by atoms with Crippen molar-refractivity contribution in [3.63, 3.8) is 0 Å². The van der Waals surface area contributed by atoms with Gasteiger partial charge in [0.25, 0.3) is 0 Å². The van der Waals surface area contributed by atoms with E-state index in [-0.39, 0.29) is 46.6 Å². The van der Waals surface area contributed by atoms with Gasteiger partial charge in [-0.1, -0.05) is 0 Å². The molecule has 3 rings (SSSR count). The van der Waals surface area contributed by atoms with Crippen molar-refractivity contribution in [2.75, 3.05) is 5.32 Å². The molecule has 1 atom stereocenters. The number of phenolic OH excluding ortho intramolecular Hbond substituents is 4. The first-order valence-electron chi connectivity index (χ1n) is 8.70. The van der Waals surface area contributed by atoms with Gasteiger partial charge in [0.1, 0.15) is 34.6 Å². The average Bonchev–Trinajstić information content (AvgIpc) is 2.68. The molecule has 0 amide bonds. The lowest BCUT2D eigenvalue weighted by Crippen LogP contribution is -2.22. The van der Waals surface area contributed by atoms with Crippen LogP contribution in [0.1, 0.15) is 12.8 Å². The first-order chi connectivity index (χ1) is 14.2. The third-order valence-electron chi connectivity index (χ3n) is 4.38. The minimum absolute atomic E-state index is 0.0518. The van der Waals surface area contributed by atoms with E-state index in [2.05, 4.69) is 5.32 Å². The maximum absolute atomic E-state index is 12.6. The Labute approximate surface area is 168 Å². The summed E-state index contributed by atoms with van der Waals surface area (Å²) in [6, 6.07) is 4.63. The van der Waals surface area contributed by atoms with Gasteiger partial charge in [0.15, 0.2) is 22.5 Å². The number of aldehydes is 1. The van der Waals surface area contributed by atoms with E-state index in [0.29, 0.717) is 6.29 Å². The van der Waals surface area contributed by atoms with E-state index >= 15 is 0 Å². The molecule has 0 radical (unpaired) electrons. The van der Waals surface area contributed by atoms with Gasteiger partial charge in [-0.15, -0.1) is 0 Å². The molecule has 0 saturated carbocycles. The molecule has 10 heteroatoms. The average molecular weight is 415 g/mol. The van der Waals surface area contributed by atoms with Crippen LogP contribution in [0.2, 0.25) is 0 Å². The molecule has 30 heavy (non-hydrogen) atoms. The van der Waals surface area contributed by atoms with Gasteiger partial charge in [-0.05, 0) is 24.6 Å². The van der Waals surface area contributed by atoms with Gasteiger partial charge >= 0.3 is 5.97 Å². The van der Waals surface area contributed by atoms with Crippen LogP contribution in [-0.2, 0) is 9.59 Å². The van der Waals surface area contributed by atoms with Gasteiger partial charge in [0.2, 0.25) is 0 Å². The minimum Gasteiger partial charge on any atom is -0.507 e. The molecule has 0 bridgehead atoms. The summed E-state index contributed by atoms with van der Waals surface area (Å²) in [5.41, 5.74) is -0.916. The van der Waals surface area contributed by atoms with E-state index in [0.717, 1.165) is 18.2 Å². The Morgan fingerprint density at radius 1 is 1.03 bits per heavy atom. The van der Waals surface area contributed by atoms with Crippen molar-refractivity contribution in [1.82, 2.24) is 0 Å². The monoisotopic (exact) mass is 415 g/mol. The highest BCUT2D eigenvalue weighted by atomic mass is 16.4. The number of carbonyl (C=O) groups excluding carboxylic acids is 1. The Morgan fingerprint density at radius 3 is 2.40 bits per heavy atom. The van der Waals surface area contributed by atoms with Gasteiger partial charge in [-0.2, -0.15) is 0 Å². The van der Waals surface area contributed by atoms with Crippen LogP contribution in [0.3, 0.4) is 0 Å². The fraction of sp³-hybridized carbons (Fsp3) is 0.150. The maximum Gasteiger partial charge on any atom is 0.303 e. The molecule has 0 spiro atoms. The molecule has 1 heterocycles. The lowest BCUT2D eigenvalue weighted by atomic mass is 10.1. The topological polar surface area (TPSA) is 178 Å². The van der Waals surface area contributed by atoms with Crippen molar-refractivity contribution in [3.05, 3.63) is 40.6 Å². The lowest BCUT2D eigenvalue weighted by Gasteiger charge is -2.17. The first kappa shape index (κ1) is 20.5. The van der Waals surface area contributed by atoms with Crippen molar-refractivity contribution >= 4 is 28.9 Å². The molecule has 6 N–H and O–H groups in total. The molecular formula is C20H17NO9. The van der Waals surface area contributed by atoms with Crippen molar-refractivity contribution < 1.29 is 39.5 Å². The Morgan fingerprint density at radius 2 is 1.77 bits per heavy atom. The van der Waals surface area contributed by atoms with Gasteiger partial charge in [0, 0.05) is 24.1 Å². The van der Waals surface area contributed by atoms with Gasteiger partial charge in [-0.25, -0.2) is 0 Å². The van der Waals surface area contributed by atoms with Crippen LogP contribution in [0.25, 0.3) is 22.3 Å². The molecule has 2 aromatic carbocycles. The number of carboxylic acid groups (broad SMARTS) is 1. The molecule has 156 valence electrons. The maximum atomic E-state index is 12.6. The Bertz CT molecular complexity index is 1200. The number of hydrogen-bond donors (Lipinski definition) is 6. The molecule has 0 fully saturated rings. The number of rotatable bonds is 7. The van der Waals surface area contributed by atoms with Crippen LogP contribution in [-0.4, -0.2) is 43.8 Å². The first-order valence-corrected chi connectivity index (χ1v) is 8.70. The van der Waals surface area contributed by atoms with Crippen LogP contribution in [0.5, 0.6) is 23.0 Å². The number of aliphatic carboxylic acids is 1. The van der Waals surface area contributed by atoms with E-state index in [1.807, 2.05) is 0 Å². The van der Waals surface area contributed by atoms with E-state index < -0.39 is 34.7 Å².